The monoisotopic (exact) mass is 411 g/mol. The number of amides is 2. The molecule has 3 N–H and O–H groups in total. The number of aromatic nitrogens is 3. The van der Waals surface area contributed by atoms with Crippen molar-refractivity contribution in [3.8, 4) is 16.8 Å². The maximum Gasteiger partial charge on any atom is 0.278 e. The summed E-state index contributed by atoms with van der Waals surface area (Å²) in [6.45, 7) is 3.51. The van der Waals surface area contributed by atoms with Crippen LogP contribution in [0.3, 0.4) is 0 Å². The van der Waals surface area contributed by atoms with Gasteiger partial charge in [0.05, 0.1) is 11.4 Å². The van der Waals surface area contributed by atoms with Crippen molar-refractivity contribution in [3.63, 3.8) is 0 Å². The van der Waals surface area contributed by atoms with E-state index in [1.165, 1.54) is 0 Å². The first-order chi connectivity index (χ1) is 15.0. The van der Waals surface area contributed by atoms with Crippen molar-refractivity contribution in [1.29, 1.82) is 0 Å². The Balaban J connectivity index is 1.58. The minimum absolute atomic E-state index is 0.205. The van der Waals surface area contributed by atoms with Gasteiger partial charge in [-0.2, -0.15) is 0 Å². The van der Waals surface area contributed by atoms with Crippen molar-refractivity contribution < 1.29 is 9.59 Å². The molecular formula is C24H21N5O2. The van der Waals surface area contributed by atoms with Crippen molar-refractivity contribution in [2.45, 2.75) is 13.8 Å². The number of primary amides is 1. The molecule has 154 valence electrons. The molecule has 2 amide bonds. The van der Waals surface area contributed by atoms with Crippen molar-refractivity contribution in [2.24, 2.45) is 5.73 Å². The summed E-state index contributed by atoms with van der Waals surface area (Å²) in [6.07, 6.45) is 0. The minimum atomic E-state index is -0.547. The van der Waals surface area contributed by atoms with Gasteiger partial charge in [-0.3, -0.25) is 9.59 Å². The summed E-state index contributed by atoms with van der Waals surface area (Å²) in [5, 5.41) is 11.0. The van der Waals surface area contributed by atoms with E-state index >= 15 is 0 Å². The van der Waals surface area contributed by atoms with Crippen LogP contribution in [0.5, 0.6) is 0 Å². The van der Waals surface area contributed by atoms with Crippen LogP contribution < -0.4 is 11.1 Å². The largest absolute Gasteiger partial charge is 0.366 e. The SMILES string of the molecule is Cc1c(NC(=O)c2nnn(-c3ccc(-c4ccccc4)cc3)c2C)cccc1C(N)=O. The molecule has 4 aromatic rings. The van der Waals surface area contributed by atoms with Crippen LogP contribution >= 0.6 is 0 Å². The van der Waals surface area contributed by atoms with Crippen LogP contribution in [0.25, 0.3) is 16.8 Å². The topological polar surface area (TPSA) is 103 Å². The third-order valence-electron chi connectivity index (χ3n) is 5.18. The quantitative estimate of drug-likeness (QED) is 0.520. The van der Waals surface area contributed by atoms with Gasteiger partial charge in [-0.05, 0) is 54.8 Å². The summed E-state index contributed by atoms with van der Waals surface area (Å²) in [4.78, 5) is 24.4. The third-order valence-corrected chi connectivity index (χ3v) is 5.18. The lowest BCUT2D eigenvalue weighted by Gasteiger charge is -2.10. The molecule has 0 atom stereocenters. The van der Waals surface area contributed by atoms with Gasteiger partial charge in [-0.1, -0.05) is 53.7 Å². The van der Waals surface area contributed by atoms with E-state index in [0.29, 0.717) is 22.5 Å². The van der Waals surface area contributed by atoms with Gasteiger partial charge in [0.1, 0.15) is 0 Å². The van der Waals surface area contributed by atoms with E-state index in [1.54, 1.807) is 36.7 Å². The summed E-state index contributed by atoms with van der Waals surface area (Å²) in [5.74, 6) is -0.955. The zero-order chi connectivity index (χ0) is 22.0. The Morgan fingerprint density at radius 1 is 0.871 bits per heavy atom. The van der Waals surface area contributed by atoms with Crippen LogP contribution in [0.1, 0.15) is 32.1 Å². The second-order valence-corrected chi connectivity index (χ2v) is 7.14. The average Bonchev–Trinajstić information content (AvgIpc) is 3.17. The smallest absolute Gasteiger partial charge is 0.278 e. The summed E-state index contributed by atoms with van der Waals surface area (Å²) in [7, 11) is 0. The summed E-state index contributed by atoms with van der Waals surface area (Å²) in [5.41, 5.74) is 10.7. The lowest BCUT2D eigenvalue weighted by Crippen LogP contribution is -2.17. The second-order valence-electron chi connectivity index (χ2n) is 7.14. The maximum atomic E-state index is 12.8. The highest BCUT2D eigenvalue weighted by Gasteiger charge is 2.19. The van der Waals surface area contributed by atoms with E-state index in [-0.39, 0.29) is 5.69 Å². The van der Waals surface area contributed by atoms with Crippen LogP contribution in [-0.4, -0.2) is 26.8 Å². The lowest BCUT2D eigenvalue weighted by atomic mass is 10.1. The number of nitrogens with two attached hydrogens (primary N) is 1. The average molecular weight is 411 g/mol. The van der Waals surface area contributed by atoms with Gasteiger partial charge < -0.3 is 11.1 Å². The van der Waals surface area contributed by atoms with E-state index in [4.69, 9.17) is 5.73 Å². The summed E-state index contributed by atoms with van der Waals surface area (Å²) in [6, 6.07) is 23.0. The Morgan fingerprint density at radius 2 is 1.55 bits per heavy atom. The molecule has 0 saturated heterocycles. The molecule has 0 radical (unpaired) electrons. The van der Waals surface area contributed by atoms with Crippen molar-refractivity contribution in [3.05, 3.63) is 95.3 Å². The van der Waals surface area contributed by atoms with E-state index < -0.39 is 11.8 Å². The molecule has 1 heterocycles. The van der Waals surface area contributed by atoms with Crippen LogP contribution in [0.2, 0.25) is 0 Å². The van der Waals surface area contributed by atoms with E-state index in [2.05, 4.69) is 15.6 Å². The first-order valence-corrected chi connectivity index (χ1v) is 9.74. The van der Waals surface area contributed by atoms with Crippen molar-refractivity contribution >= 4 is 17.5 Å². The normalized spacial score (nSPS) is 10.6. The van der Waals surface area contributed by atoms with Crippen molar-refractivity contribution in [2.75, 3.05) is 5.32 Å². The molecular weight excluding hydrogens is 390 g/mol. The maximum absolute atomic E-state index is 12.8. The molecule has 0 bridgehead atoms. The summed E-state index contributed by atoms with van der Waals surface area (Å²) >= 11 is 0. The lowest BCUT2D eigenvalue weighted by molar-refractivity contribution is 0.0994. The van der Waals surface area contributed by atoms with Gasteiger partial charge in [-0.15, -0.1) is 5.10 Å². The van der Waals surface area contributed by atoms with Gasteiger partial charge >= 0.3 is 0 Å². The molecule has 0 saturated carbocycles. The zero-order valence-corrected chi connectivity index (χ0v) is 17.2. The van der Waals surface area contributed by atoms with Crippen LogP contribution in [0, 0.1) is 13.8 Å². The molecule has 4 rings (SSSR count). The first kappa shape index (κ1) is 20.0. The first-order valence-electron chi connectivity index (χ1n) is 9.74. The number of rotatable bonds is 5. The molecule has 31 heavy (non-hydrogen) atoms. The second kappa shape index (κ2) is 8.23. The Morgan fingerprint density at radius 3 is 2.23 bits per heavy atom. The van der Waals surface area contributed by atoms with Gasteiger partial charge in [0, 0.05) is 11.3 Å². The highest BCUT2D eigenvalue weighted by atomic mass is 16.2. The fraction of sp³-hybridized carbons (Fsp3) is 0.0833. The fourth-order valence-corrected chi connectivity index (χ4v) is 3.43. The Kier molecular flexibility index (Phi) is 5.32. The highest BCUT2D eigenvalue weighted by molar-refractivity contribution is 6.05. The number of benzene rings is 3. The van der Waals surface area contributed by atoms with E-state index in [9.17, 15) is 9.59 Å². The van der Waals surface area contributed by atoms with Crippen LogP contribution in [0.4, 0.5) is 5.69 Å². The molecule has 0 spiro atoms. The molecule has 0 aliphatic rings. The number of anilines is 1. The van der Waals surface area contributed by atoms with Gasteiger partial charge in [0.15, 0.2) is 5.69 Å². The fourth-order valence-electron chi connectivity index (χ4n) is 3.43. The molecule has 0 unspecified atom stereocenters. The molecule has 3 aromatic carbocycles. The predicted octanol–water partition coefficient (Wildman–Crippen LogP) is 3.90. The number of nitrogens with one attached hydrogen (secondary N) is 1. The standard InChI is InChI=1S/C24H21N5O2/c1-15-20(23(25)30)9-6-10-21(15)26-24(31)22-16(2)29(28-27-22)19-13-11-18(12-14-19)17-7-4-3-5-8-17/h3-14H,1-2H3,(H2,25,30)(H,26,31). The number of hydrogen-bond donors (Lipinski definition) is 2. The zero-order valence-electron chi connectivity index (χ0n) is 17.2. The predicted molar refractivity (Wildman–Crippen MR) is 119 cm³/mol. The highest BCUT2D eigenvalue weighted by Crippen LogP contribution is 2.23. The van der Waals surface area contributed by atoms with E-state index in [1.807, 2.05) is 54.6 Å². The van der Waals surface area contributed by atoms with Gasteiger partial charge in [0.25, 0.3) is 5.91 Å². The summed E-state index contributed by atoms with van der Waals surface area (Å²) < 4.78 is 1.62. The molecule has 0 aliphatic heterocycles. The third kappa shape index (κ3) is 3.93. The number of hydrogen-bond acceptors (Lipinski definition) is 4. The molecule has 7 heteroatoms. The van der Waals surface area contributed by atoms with E-state index in [0.717, 1.165) is 16.8 Å². The Hall–Kier alpha value is -4.26. The Bertz CT molecular complexity index is 1260. The molecule has 0 aliphatic carbocycles. The van der Waals surface area contributed by atoms with Gasteiger partial charge in [0.2, 0.25) is 5.91 Å². The molecule has 7 nitrogen and oxygen atoms in total. The minimum Gasteiger partial charge on any atom is -0.366 e. The number of nitrogens with zero attached hydrogens (tertiary/aromatic N) is 3. The van der Waals surface area contributed by atoms with Crippen LogP contribution in [-0.2, 0) is 0 Å². The van der Waals surface area contributed by atoms with Crippen LogP contribution in [0.15, 0.2) is 72.8 Å². The number of carbonyl (C=O) groups is 2. The molecule has 0 fully saturated rings. The number of carbonyl (C=O) groups excluding carboxylic acids is 2. The molecule has 1 aromatic heterocycles. The van der Waals surface area contributed by atoms with Crippen molar-refractivity contribution in [1.82, 2.24) is 15.0 Å². The van der Waals surface area contributed by atoms with Gasteiger partial charge in [-0.25, -0.2) is 4.68 Å². The Labute approximate surface area is 179 Å².